The highest BCUT2D eigenvalue weighted by Gasteiger charge is 2.45. The standard InChI is InChI=1S/C14H26N2O3/c1-9(2)7-11-12(17)15-14(4,5)13(18)16(11)8-10(3)19-6/h9-11H,7-8H2,1-6H3,(H,15,17). The summed E-state index contributed by atoms with van der Waals surface area (Å²) in [6.07, 6.45) is 0.588. The van der Waals surface area contributed by atoms with Crippen molar-refractivity contribution in [3.63, 3.8) is 0 Å². The first-order valence-electron chi connectivity index (χ1n) is 6.85. The van der Waals surface area contributed by atoms with Crippen molar-refractivity contribution in [2.24, 2.45) is 5.92 Å². The van der Waals surface area contributed by atoms with Crippen molar-refractivity contribution < 1.29 is 14.3 Å². The van der Waals surface area contributed by atoms with E-state index >= 15 is 0 Å². The molecule has 0 bridgehead atoms. The van der Waals surface area contributed by atoms with Crippen molar-refractivity contribution in [3.8, 4) is 0 Å². The fourth-order valence-electron chi connectivity index (χ4n) is 2.33. The van der Waals surface area contributed by atoms with Crippen LogP contribution in [0, 0.1) is 5.92 Å². The summed E-state index contributed by atoms with van der Waals surface area (Å²) in [6.45, 7) is 9.93. The molecule has 5 heteroatoms. The molecule has 1 rings (SSSR count). The van der Waals surface area contributed by atoms with Crippen LogP contribution in [0.15, 0.2) is 0 Å². The summed E-state index contributed by atoms with van der Waals surface area (Å²) in [4.78, 5) is 26.4. The smallest absolute Gasteiger partial charge is 0.248 e. The van der Waals surface area contributed by atoms with Crippen LogP contribution in [0.2, 0.25) is 0 Å². The van der Waals surface area contributed by atoms with E-state index < -0.39 is 11.6 Å². The zero-order valence-corrected chi connectivity index (χ0v) is 12.8. The van der Waals surface area contributed by atoms with Crippen molar-refractivity contribution in [1.29, 1.82) is 0 Å². The fraction of sp³-hybridized carbons (Fsp3) is 0.857. The lowest BCUT2D eigenvalue weighted by atomic mass is 9.92. The summed E-state index contributed by atoms with van der Waals surface area (Å²) in [5.41, 5.74) is -0.835. The molecule has 1 aliphatic heterocycles. The monoisotopic (exact) mass is 270 g/mol. The average Bonchev–Trinajstić information content (AvgIpc) is 2.29. The highest BCUT2D eigenvalue weighted by molar-refractivity contribution is 5.99. The topological polar surface area (TPSA) is 58.6 Å². The number of methoxy groups -OCH3 is 1. The van der Waals surface area contributed by atoms with Crippen LogP contribution in [0.4, 0.5) is 0 Å². The second-order valence-corrected chi connectivity index (χ2v) is 6.26. The molecule has 110 valence electrons. The molecule has 19 heavy (non-hydrogen) atoms. The van der Waals surface area contributed by atoms with Gasteiger partial charge in [-0.3, -0.25) is 9.59 Å². The van der Waals surface area contributed by atoms with Gasteiger partial charge >= 0.3 is 0 Å². The maximum Gasteiger partial charge on any atom is 0.248 e. The number of amides is 2. The first-order chi connectivity index (χ1) is 8.69. The normalized spacial score (nSPS) is 24.6. The Bertz CT molecular complexity index is 353. The molecule has 0 radical (unpaired) electrons. The Morgan fingerprint density at radius 2 is 1.89 bits per heavy atom. The summed E-state index contributed by atoms with van der Waals surface area (Å²) >= 11 is 0. The highest BCUT2D eigenvalue weighted by atomic mass is 16.5. The number of hydrogen-bond acceptors (Lipinski definition) is 3. The predicted octanol–water partition coefficient (Wildman–Crippen LogP) is 1.17. The lowest BCUT2D eigenvalue weighted by molar-refractivity contribution is -0.155. The van der Waals surface area contributed by atoms with E-state index in [4.69, 9.17) is 4.74 Å². The third-order valence-corrected chi connectivity index (χ3v) is 3.46. The Hall–Kier alpha value is -1.10. The third kappa shape index (κ3) is 3.69. The first kappa shape index (κ1) is 16.0. The number of nitrogens with zero attached hydrogens (tertiary/aromatic N) is 1. The Labute approximate surface area is 115 Å². The Morgan fingerprint density at radius 3 is 2.37 bits per heavy atom. The molecule has 0 saturated carbocycles. The van der Waals surface area contributed by atoms with Crippen LogP contribution in [-0.4, -0.2) is 48.1 Å². The van der Waals surface area contributed by atoms with Crippen LogP contribution >= 0.6 is 0 Å². The molecule has 2 unspecified atom stereocenters. The largest absolute Gasteiger partial charge is 0.380 e. The van der Waals surface area contributed by atoms with E-state index in [2.05, 4.69) is 19.2 Å². The summed E-state index contributed by atoms with van der Waals surface area (Å²) in [6, 6.07) is -0.391. The maximum absolute atomic E-state index is 12.5. The van der Waals surface area contributed by atoms with Gasteiger partial charge in [0, 0.05) is 13.7 Å². The van der Waals surface area contributed by atoms with Gasteiger partial charge < -0.3 is 15.0 Å². The van der Waals surface area contributed by atoms with Crippen molar-refractivity contribution in [3.05, 3.63) is 0 Å². The molecule has 1 fully saturated rings. The zero-order chi connectivity index (χ0) is 14.8. The van der Waals surface area contributed by atoms with E-state index in [0.29, 0.717) is 18.9 Å². The molecule has 1 saturated heterocycles. The molecule has 0 aromatic carbocycles. The van der Waals surface area contributed by atoms with Gasteiger partial charge in [-0.25, -0.2) is 0 Å². The quantitative estimate of drug-likeness (QED) is 0.816. The molecule has 0 spiro atoms. The van der Waals surface area contributed by atoms with Gasteiger partial charge in [-0.1, -0.05) is 13.8 Å². The van der Waals surface area contributed by atoms with Crippen LogP contribution in [0.3, 0.4) is 0 Å². The van der Waals surface area contributed by atoms with Crippen LogP contribution in [-0.2, 0) is 14.3 Å². The highest BCUT2D eigenvalue weighted by Crippen LogP contribution is 2.23. The number of carbonyl (C=O) groups excluding carboxylic acids is 2. The van der Waals surface area contributed by atoms with Crippen LogP contribution in [0.25, 0.3) is 0 Å². The number of ether oxygens (including phenoxy) is 1. The van der Waals surface area contributed by atoms with Gasteiger partial charge in [0.25, 0.3) is 0 Å². The Balaban J connectivity index is 2.98. The number of nitrogens with one attached hydrogen (secondary N) is 1. The van der Waals surface area contributed by atoms with E-state index in [0.717, 1.165) is 0 Å². The van der Waals surface area contributed by atoms with E-state index in [1.807, 2.05) is 6.92 Å². The molecule has 0 aliphatic carbocycles. The van der Waals surface area contributed by atoms with Crippen molar-refractivity contribution in [2.45, 2.75) is 58.7 Å². The fourth-order valence-corrected chi connectivity index (χ4v) is 2.33. The molecule has 5 nitrogen and oxygen atoms in total. The molecule has 0 aromatic heterocycles. The van der Waals surface area contributed by atoms with Crippen LogP contribution < -0.4 is 5.32 Å². The zero-order valence-electron chi connectivity index (χ0n) is 12.8. The molecule has 2 amide bonds. The molecule has 0 aromatic rings. The Morgan fingerprint density at radius 1 is 1.32 bits per heavy atom. The number of piperazine rings is 1. The first-order valence-corrected chi connectivity index (χ1v) is 6.85. The molecule has 2 atom stereocenters. The SMILES string of the molecule is COC(C)CN1C(=O)C(C)(C)NC(=O)C1CC(C)C. The molecule has 1 N–H and O–H groups in total. The molecule has 1 aliphatic rings. The summed E-state index contributed by atoms with van der Waals surface area (Å²) < 4.78 is 5.23. The minimum Gasteiger partial charge on any atom is -0.380 e. The number of hydrogen-bond donors (Lipinski definition) is 1. The lowest BCUT2D eigenvalue weighted by Gasteiger charge is -2.44. The predicted molar refractivity (Wildman–Crippen MR) is 73.6 cm³/mol. The van der Waals surface area contributed by atoms with Crippen LogP contribution in [0.1, 0.15) is 41.0 Å². The van der Waals surface area contributed by atoms with Crippen molar-refractivity contribution in [2.75, 3.05) is 13.7 Å². The minimum atomic E-state index is -0.835. The van der Waals surface area contributed by atoms with E-state index in [9.17, 15) is 9.59 Å². The molecular weight excluding hydrogens is 244 g/mol. The molecular formula is C14H26N2O3. The molecule has 1 heterocycles. The Kier molecular flexibility index (Phi) is 4.96. The van der Waals surface area contributed by atoms with Gasteiger partial charge in [-0.05, 0) is 33.1 Å². The second kappa shape index (κ2) is 5.90. The third-order valence-electron chi connectivity index (χ3n) is 3.46. The van der Waals surface area contributed by atoms with Crippen molar-refractivity contribution >= 4 is 11.8 Å². The van der Waals surface area contributed by atoms with Crippen molar-refractivity contribution in [1.82, 2.24) is 10.2 Å². The van der Waals surface area contributed by atoms with Gasteiger partial charge in [-0.15, -0.1) is 0 Å². The summed E-state index contributed by atoms with van der Waals surface area (Å²) in [5.74, 6) is 0.244. The van der Waals surface area contributed by atoms with E-state index in [1.54, 1.807) is 25.9 Å². The maximum atomic E-state index is 12.5. The lowest BCUT2D eigenvalue weighted by Crippen LogP contribution is -2.69. The minimum absolute atomic E-state index is 0.0401. The van der Waals surface area contributed by atoms with Gasteiger partial charge in [-0.2, -0.15) is 0 Å². The van der Waals surface area contributed by atoms with Crippen LogP contribution in [0.5, 0.6) is 0 Å². The van der Waals surface area contributed by atoms with E-state index in [1.165, 1.54) is 0 Å². The van der Waals surface area contributed by atoms with Gasteiger partial charge in [0.2, 0.25) is 11.8 Å². The summed E-state index contributed by atoms with van der Waals surface area (Å²) in [7, 11) is 1.61. The summed E-state index contributed by atoms with van der Waals surface area (Å²) in [5, 5.41) is 2.81. The number of carbonyl (C=O) groups is 2. The van der Waals surface area contributed by atoms with Gasteiger partial charge in [0.05, 0.1) is 6.10 Å². The number of rotatable bonds is 5. The van der Waals surface area contributed by atoms with Gasteiger partial charge in [0.1, 0.15) is 11.6 Å². The second-order valence-electron chi connectivity index (χ2n) is 6.26. The van der Waals surface area contributed by atoms with Gasteiger partial charge in [0.15, 0.2) is 0 Å². The van der Waals surface area contributed by atoms with E-state index in [-0.39, 0.29) is 17.9 Å². The average molecular weight is 270 g/mol.